The summed E-state index contributed by atoms with van der Waals surface area (Å²) in [6, 6.07) is 9.78. The summed E-state index contributed by atoms with van der Waals surface area (Å²) in [7, 11) is 0. The van der Waals surface area contributed by atoms with Gasteiger partial charge in [-0.2, -0.15) is 4.89 Å². The van der Waals surface area contributed by atoms with Crippen LogP contribution in [0.25, 0.3) is 0 Å². The SMILES string of the molecule is CC(C)(C)CCCCCCCCC(=O)OOC(C)(C)c1ccccc1. The number of rotatable bonds is 11. The fourth-order valence-corrected chi connectivity index (χ4v) is 2.71. The molecule has 1 aromatic rings. The first-order valence-corrected chi connectivity index (χ1v) is 9.65. The minimum Gasteiger partial charge on any atom is -0.297 e. The van der Waals surface area contributed by atoms with E-state index < -0.39 is 5.60 Å². The molecule has 0 saturated carbocycles. The van der Waals surface area contributed by atoms with Crippen LogP contribution >= 0.6 is 0 Å². The predicted molar refractivity (Wildman–Crippen MR) is 103 cm³/mol. The third-order valence-electron chi connectivity index (χ3n) is 4.37. The summed E-state index contributed by atoms with van der Waals surface area (Å²) in [6.07, 6.45) is 8.68. The first kappa shape index (κ1) is 21.7. The highest BCUT2D eigenvalue weighted by molar-refractivity contribution is 5.68. The van der Waals surface area contributed by atoms with Crippen LogP contribution in [0.4, 0.5) is 0 Å². The Balaban J connectivity index is 2.08. The maximum absolute atomic E-state index is 11.8. The van der Waals surface area contributed by atoms with E-state index in [9.17, 15) is 4.79 Å². The zero-order chi connectivity index (χ0) is 18.8. The van der Waals surface area contributed by atoms with E-state index in [1.54, 1.807) is 0 Å². The monoisotopic (exact) mass is 348 g/mol. The molecule has 3 heteroatoms. The van der Waals surface area contributed by atoms with Crippen molar-refractivity contribution >= 4 is 5.97 Å². The number of hydrogen-bond acceptors (Lipinski definition) is 3. The van der Waals surface area contributed by atoms with Gasteiger partial charge in [-0.25, -0.2) is 4.79 Å². The van der Waals surface area contributed by atoms with E-state index in [0.717, 1.165) is 18.4 Å². The Labute approximate surface area is 154 Å². The van der Waals surface area contributed by atoms with Gasteiger partial charge in [0, 0.05) is 6.42 Å². The molecule has 0 N–H and O–H groups in total. The number of unbranched alkanes of at least 4 members (excludes halogenated alkanes) is 5. The van der Waals surface area contributed by atoms with Crippen molar-refractivity contribution in [3.8, 4) is 0 Å². The van der Waals surface area contributed by atoms with Gasteiger partial charge in [0.1, 0.15) is 5.60 Å². The van der Waals surface area contributed by atoms with Gasteiger partial charge in [-0.1, -0.05) is 83.2 Å². The van der Waals surface area contributed by atoms with Crippen LogP contribution in [-0.2, 0) is 20.2 Å². The maximum Gasteiger partial charge on any atom is 0.342 e. The molecule has 0 amide bonds. The molecule has 0 atom stereocenters. The Morgan fingerprint density at radius 1 is 0.840 bits per heavy atom. The van der Waals surface area contributed by atoms with Crippen LogP contribution in [0.5, 0.6) is 0 Å². The Morgan fingerprint density at radius 2 is 1.40 bits per heavy atom. The van der Waals surface area contributed by atoms with Crippen molar-refractivity contribution in [3.05, 3.63) is 35.9 Å². The highest BCUT2D eigenvalue weighted by atomic mass is 17.2. The minimum absolute atomic E-state index is 0.281. The molecule has 0 aromatic heterocycles. The Hall–Kier alpha value is -1.35. The molecular formula is C22H36O3. The zero-order valence-electron chi connectivity index (χ0n) is 16.8. The summed E-state index contributed by atoms with van der Waals surface area (Å²) in [6.45, 7) is 10.7. The third-order valence-corrected chi connectivity index (χ3v) is 4.37. The molecule has 0 fully saturated rings. The van der Waals surface area contributed by atoms with E-state index in [4.69, 9.17) is 9.78 Å². The standard InChI is InChI=1S/C22H36O3/c1-21(2,3)18-14-9-7-6-8-13-17-20(23)24-25-22(4,5)19-15-11-10-12-16-19/h10-12,15-16H,6-9,13-14,17-18H2,1-5H3. The molecule has 0 bridgehead atoms. The second kappa shape index (κ2) is 10.6. The molecule has 1 aromatic carbocycles. The lowest BCUT2D eigenvalue weighted by molar-refractivity contribution is -0.329. The van der Waals surface area contributed by atoms with Gasteiger partial charge < -0.3 is 0 Å². The van der Waals surface area contributed by atoms with Crippen molar-refractivity contribution in [2.75, 3.05) is 0 Å². The molecule has 0 radical (unpaired) electrons. The van der Waals surface area contributed by atoms with E-state index in [2.05, 4.69) is 20.8 Å². The summed E-state index contributed by atoms with van der Waals surface area (Å²) in [5.74, 6) is -0.281. The normalized spacial score (nSPS) is 12.2. The van der Waals surface area contributed by atoms with Crippen molar-refractivity contribution < 1.29 is 14.6 Å². The lowest BCUT2D eigenvalue weighted by Crippen LogP contribution is -2.23. The fourth-order valence-electron chi connectivity index (χ4n) is 2.71. The Kier molecular flexibility index (Phi) is 9.20. The van der Waals surface area contributed by atoms with Gasteiger partial charge in [0.15, 0.2) is 0 Å². The molecule has 0 aliphatic heterocycles. The first-order valence-electron chi connectivity index (χ1n) is 9.65. The van der Waals surface area contributed by atoms with Gasteiger partial charge in [0.25, 0.3) is 0 Å². The Bertz CT molecular complexity index is 486. The number of benzene rings is 1. The number of carbonyl (C=O) groups excluding carboxylic acids is 1. The van der Waals surface area contributed by atoms with E-state index in [0.29, 0.717) is 11.8 Å². The largest absolute Gasteiger partial charge is 0.342 e. The van der Waals surface area contributed by atoms with Crippen molar-refractivity contribution in [2.24, 2.45) is 5.41 Å². The van der Waals surface area contributed by atoms with Crippen LogP contribution in [0.3, 0.4) is 0 Å². The van der Waals surface area contributed by atoms with Crippen LogP contribution in [0, 0.1) is 5.41 Å². The lowest BCUT2D eigenvalue weighted by atomic mass is 9.89. The van der Waals surface area contributed by atoms with Crippen LogP contribution in [-0.4, -0.2) is 5.97 Å². The average Bonchev–Trinajstić information content (AvgIpc) is 2.55. The fraction of sp³-hybridized carbons (Fsp3) is 0.682. The quantitative estimate of drug-likeness (QED) is 0.258. The van der Waals surface area contributed by atoms with Gasteiger partial charge >= 0.3 is 5.97 Å². The maximum atomic E-state index is 11.8. The summed E-state index contributed by atoms with van der Waals surface area (Å²) in [5.41, 5.74) is 0.791. The number of carbonyl (C=O) groups is 1. The second-order valence-corrected chi connectivity index (χ2v) is 8.60. The van der Waals surface area contributed by atoms with Crippen LogP contribution < -0.4 is 0 Å². The van der Waals surface area contributed by atoms with Crippen LogP contribution in [0.15, 0.2) is 30.3 Å². The van der Waals surface area contributed by atoms with Crippen LogP contribution in [0.2, 0.25) is 0 Å². The summed E-state index contributed by atoms with van der Waals surface area (Å²) < 4.78 is 0. The molecular weight excluding hydrogens is 312 g/mol. The predicted octanol–water partition coefficient (Wildman–Crippen LogP) is 6.56. The molecule has 0 aliphatic rings. The molecule has 0 aliphatic carbocycles. The van der Waals surface area contributed by atoms with Gasteiger partial charge in [0.2, 0.25) is 0 Å². The van der Waals surface area contributed by atoms with Gasteiger partial charge in [-0.3, -0.25) is 4.89 Å². The molecule has 0 saturated heterocycles. The first-order chi connectivity index (χ1) is 11.7. The van der Waals surface area contributed by atoms with Gasteiger partial charge in [0.05, 0.1) is 0 Å². The van der Waals surface area contributed by atoms with Gasteiger partial charge in [-0.15, -0.1) is 0 Å². The zero-order valence-corrected chi connectivity index (χ0v) is 16.8. The van der Waals surface area contributed by atoms with Crippen molar-refractivity contribution in [2.45, 2.75) is 91.6 Å². The van der Waals surface area contributed by atoms with Gasteiger partial charge in [-0.05, 0) is 37.7 Å². The molecule has 0 heterocycles. The second-order valence-electron chi connectivity index (χ2n) is 8.60. The average molecular weight is 349 g/mol. The number of hydrogen-bond donors (Lipinski definition) is 0. The lowest BCUT2D eigenvalue weighted by Gasteiger charge is -2.23. The van der Waals surface area contributed by atoms with E-state index in [1.807, 2.05) is 44.2 Å². The third kappa shape index (κ3) is 10.3. The minimum atomic E-state index is -0.635. The van der Waals surface area contributed by atoms with Crippen molar-refractivity contribution in [1.82, 2.24) is 0 Å². The molecule has 3 nitrogen and oxygen atoms in total. The highest BCUT2D eigenvalue weighted by Crippen LogP contribution is 2.25. The summed E-state index contributed by atoms with van der Waals surface area (Å²) in [5, 5.41) is 0. The topological polar surface area (TPSA) is 35.5 Å². The van der Waals surface area contributed by atoms with Crippen LogP contribution in [0.1, 0.15) is 91.5 Å². The summed E-state index contributed by atoms with van der Waals surface area (Å²) >= 11 is 0. The van der Waals surface area contributed by atoms with Crippen molar-refractivity contribution in [3.63, 3.8) is 0 Å². The van der Waals surface area contributed by atoms with E-state index in [1.165, 1.54) is 32.1 Å². The van der Waals surface area contributed by atoms with E-state index >= 15 is 0 Å². The highest BCUT2D eigenvalue weighted by Gasteiger charge is 2.24. The molecule has 142 valence electrons. The van der Waals surface area contributed by atoms with Crippen molar-refractivity contribution in [1.29, 1.82) is 0 Å². The molecule has 0 unspecified atom stereocenters. The molecule has 1 rings (SSSR count). The molecule has 25 heavy (non-hydrogen) atoms. The Morgan fingerprint density at radius 3 is 2.00 bits per heavy atom. The smallest absolute Gasteiger partial charge is 0.297 e. The summed E-state index contributed by atoms with van der Waals surface area (Å²) in [4.78, 5) is 22.2. The van der Waals surface area contributed by atoms with E-state index in [-0.39, 0.29) is 5.97 Å². The molecule has 0 spiro atoms.